The highest BCUT2D eigenvalue weighted by Gasteiger charge is 2.17. The van der Waals surface area contributed by atoms with Gasteiger partial charge in [-0.3, -0.25) is 0 Å². The minimum atomic E-state index is -0.425. The average molecular weight is 337 g/mol. The molecule has 0 aliphatic carbocycles. The molecule has 1 aromatic carbocycles. The number of hydrogen-bond donors (Lipinski definition) is 0. The van der Waals surface area contributed by atoms with Crippen LogP contribution in [0.25, 0.3) is 5.82 Å². The molecule has 0 unspecified atom stereocenters. The molecule has 6 heteroatoms. The quantitative estimate of drug-likeness (QED) is 0.646. The van der Waals surface area contributed by atoms with E-state index in [0.29, 0.717) is 23.7 Å². The molecule has 2 heterocycles. The van der Waals surface area contributed by atoms with Gasteiger partial charge in [-0.1, -0.05) is 24.3 Å². The number of para-hydroxylation sites is 1. The highest BCUT2D eigenvalue weighted by molar-refractivity contribution is 5.90. The Balaban J connectivity index is 1.74. The Morgan fingerprint density at radius 3 is 2.72 bits per heavy atom. The first-order chi connectivity index (χ1) is 12.2. The third-order valence-corrected chi connectivity index (χ3v) is 3.73. The van der Waals surface area contributed by atoms with Crippen LogP contribution < -0.4 is 4.74 Å². The average Bonchev–Trinajstić information content (AvgIpc) is 3.03. The number of rotatable bonds is 6. The van der Waals surface area contributed by atoms with Crippen molar-refractivity contribution >= 4 is 5.97 Å². The predicted molar refractivity (Wildman–Crippen MR) is 92.8 cm³/mol. The normalized spacial score (nSPS) is 10.5. The highest BCUT2D eigenvalue weighted by Crippen LogP contribution is 2.20. The lowest BCUT2D eigenvalue weighted by Gasteiger charge is -2.10. The molecular weight excluding hydrogens is 318 g/mol. The van der Waals surface area contributed by atoms with Crippen LogP contribution in [0.2, 0.25) is 0 Å². The van der Waals surface area contributed by atoms with E-state index in [-0.39, 0.29) is 6.61 Å². The van der Waals surface area contributed by atoms with Crippen LogP contribution in [0.5, 0.6) is 5.75 Å². The molecule has 0 bridgehead atoms. The number of carbonyl (C=O) groups is 1. The zero-order chi connectivity index (χ0) is 17.6. The van der Waals surface area contributed by atoms with Gasteiger partial charge in [0.1, 0.15) is 17.9 Å². The van der Waals surface area contributed by atoms with Gasteiger partial charge in [0.05, 0.1) is 18.5 Å². The fourth-order valence-corrected chi connectivity index (χ4v) is 2.46. The largest absolute Gasteiger partial charge is 0.493 e. The molecule has 128 valence electrons. The molecule has 0 saturated heterocycles. The Morgan fingerprint density at radius 1 is 1.16 bits per heavy atom. The predicted octanol–water partition coefficient (Wildman–Crippen LogP) is 3.33. The third kappa shape index (κ3) is 3.68. The molecule has 0 aliphatic heterocycles. The van der Waals surface area contributed by atoms with Crippen molar-refractivity contribution in [3.63, 3.8) is 0 Å². The van der Waals surface area contributed by atoms with Crippen LogP contribution in [0.4, 0.5) is 0 Å². The van der Waals surface area contributed by atoms with Crippen molar-refractivity contribution in [2.24, 2.45) is 0 Å². The molecule has 0 N–H and O–H groups in total. The van der Waals surface area contributed by atoms with Crippen molar-refractivity contribution in [3.8, 4) is 11.6 Å². The van der Waals surface area contributed by atoms with Crippen LogP contribution in [0, 0.1) is 6.92 Å². The zero-order valence-corrected chi connectivity index (χ0v) is 14.2. The zero-order valence-electron chi connectivity index (χ0n) is 14.2. The molecule has 6 nitrogen and oxygen atoms in total. The topological polar surface area (TPSA) is 66.2 Å². The number of pyridine rings is 1. The molecule has 0 aliphatic rings. The SMILES string of the molecule is CCOc1ccccc1COC(=O)c1cnn(-c2ccccn2)c1C. The first kappa shape index (κ1) is 16.7. The van der Waals surface area contributed by atoms with Gasteiger partial charge in [0.15, 0.2) is 5.82 Å². The number of ether oxygens (including phenoxy) is 2. The summed E-state index contributed by atoms with van der Waals surface area (Å²) in [4.78, 5) is 16.7. The first-order valence-corrected chi connectivity index (χ1v) is 8.04. The smallest absolute Gasteiger partial charge is 0.341 e. The number of aromatic nitrogens is 3. The van der Waals surface area contributed by atoms with E-state index >= 15 is 0 Å². The number of nitrogens with zero attached hydrogens (tertiary/aromatic N) is 3. The lowest BCUT2D eigenvalue weighted by Crippen LogP contribution is -2.08. The van der Waals surface area contributed by atoms with Gasteiger partial charge < -0.3 is 9.47 Å². The van der Waals surface area contributed by atoms with Crippen molar-refractivity contribution in [2.45, 2.75) is 20.5 Å². The molecule has 0 fully saturated rings. The molecule has 0 atom stereocenters. The molecule has 0 saturated carbocycles. The van der Waals surface area contributed by atoms with Gasteiger partial charge in [-0.2, -0.15) is 5.10 Å². The summed E-state index contributed by atoms with van der Waals surface area (Å²) >= 11 is 0. The highest BCUT2D eigenvalue weighted by atomic mass is 16.5. The molecule has 2 aromatic heterocycles. The minimum Gasteiger partial charge on any atom is -0.493 e. The van der Waals surface area contributed by atoms with Crippen molar-refractivity contribution in [3.05, 3.63) is 71.7 Å². The van der Waals surface area contributed by atoms with Crippen molar-refractivity contribution in [2.75, 3.05) is 6.61 Å². The maximum Gasteiger partial charge on any atom is 0.341 e. The lowest BCUT2D eigenvalue weighted by atomic mass is 10.2. The van der Waals surface area contributed by atoms with E-state index in [1.54, 1.807) is 10.9 Å². The van der Waals surface area contributed by atoms with E-state index in [0.717, 1.165) is 11.3 Å². The minimum absolute atomic E-state index is 0.142. The van der Waals surface area contributed by atoms with Gasteiger partial charge in [0, 0.05) is 11.8 Å². The van der Waals surface area contributed by atoms with Crippen molar-refractivity contribution in [1.29, 1.82) is 0 Å². The Kier molecular flexibility index (Phi) is 5.09. The summed E-state index contributed by atoms with van der Waals surface area (Å²) < 4.78 is 12.6. The van der Waals surface area contributed by atoms with E-state index in [4.69, 9.17) is 9.47 Å². The van der Waals surface area contributed by atoms with Gasteiger partial charge in [-0.15, -0.1) is 0 Å². The maximum atomic E-state index is 12.4. The molecule has 0 radical (unpaired) electrons. The molecular formula is C19H19N3O3. The van der Waals surface area contributed by atoms with Crippen LogP contribution in [-0.4, -0.2) is 27.3 Å². The second-order valence-electron chi connectivity index (χ2n) is 5.36. The van der Waals surface area contributed by atoms with Gasteiger partial charge in [-0.05, 0) is 32.0 Å². The monoisotopic (exact) mass is 337 g/mol. The summed E-state index contributed by atoms with van der Waals surface area (Å²) in [5.74, 6) is 0.949. The van der Waals surface area contributed by atoms with E-state index < -0.39 is 5.97 Å². The molecule has 3 aromatic rings. The Morgan fingerprint density at radius 2 is 1.96 bits per heavy atom. The first-order valence-electron chi connectivity index (χ1n) is 8.04. The molecule has 3 rings (SSSR count). The summed E-state index contributed by atoms with van der Waals surface area (Å²) in [6, 6.07) is 13.0. The van der Waals surface area contributed by atoms with Crippen LogP contribution >= 0.6 is 0 Å². The number of esters is 1. The summed E-state index contributed by atoms with van der Waals surface area (Å²) in [6.07, 6.45) is 3.18. The van der Waals surface area contributed by atoms with Crippen LogP contribution in [0.3, 0.4) is 0 Å². The Labute approximate surface area is 146 Å². The fraction of sp³-hybridized carbons (Fsp3) is 0.211. The fourth-order valence-electron chi connectivity index (χ4n) is 2.46. The molecule has 25 heavy (non-hydrogen) atoms. The van der Waals surface area contributed by atoms with Gasteiger partial charge >= 0.3 is 5.97 Å². The van der Waals surface area contributed by atoms with E-state index in [1.165, 1.54) is 6.20 Å². The van der Waals surface area contributed by atoms with Crippen LogP contribution in [0.15, 0.2) is 54.9 Å². The second-order valence-corrected chi connectivity index (χ2v) is 5.36. The number of carbonyl (C=O) groups excluding carboxylic acids is 1. The van der Waals surface area contributed by atoms with Gasteiger partial charge in [0.25, 0.3) is 0 Å². The lowest BCUT2D eigenvalue weighted by molar-refractivity contribution is 0.0469. The van der Waals surface area contributed by atoms with Crippen LogP contribution in [-0.2, 0) is 11.3 Å². The molecule has 0 spiro atoms. The number of benzene rings is 1. The number of hydrogen-bond acceptors (Lipinski definition) is 5. The van der Waals surface area contributed by atoms with E-state index in [9.17, 15) is 4.79 Å². The van der Waals surface area contributed by atoms with Crippen molar-refractivity contribution < 1.29 is 14.3 Å². The second kappa shape index (κ2) is 7.61. The van der Waals surface area contributed by atoms with Crippen LogP contribution in [0.1, 0.15) is 28.5 Å². The Bertz CT molecular complexity index is 859. The summed E-state index contributed by atoms with van der Waals surface area (Å²) in [6.45, 7) is 4.43. The summed E-state index contributed by atoms with van der Waals surface area (Å²) in [5.41, 5.74) is 1.92. The third-order valence-electron chi connectivity index (χ3n) is 3.73. The van der Waals surface area contributed by atoms with E-state index in [2.05, 4.69) is 10.1 Å². The van der Waals surface area contributed by atoms with Gasteiger partial charge in [-0.25, -0.2) is 14.5 Å². The Hall–Kier alpha value is -3.15. The van der Waals surface area contributed by atoms with Gasteiger partial charge in [0.2, 0.25) is 0 Å². The molecule has 0 amide bonds. The van der Waals surface area contributed by atoms with E-state index in [1.807, 2.05) is 56.3 Å². The van der Waals surface area contributed by atoms with Crippen molar-refractivity contribution in [1.82, 2.24) is 14.8 Å². The standard InChI is InChI=1S/C19H19N3O3/c1-3-24-17-9-5-4-8-15(17)13-25-19(23)16-12-21-22(14(16)2)18-10-6-7-11-20-18/h4-12H,3,13H2,1-2H3. The summed E-state index contributed by atoms with van der Waals surface area (Å²) in [7, 11) is 0. The summed E-state index contributed by atoms with van der Waals surface area (Å²) in [5, 5.41) is 4.24. The maximum absolute atomic E-state index is 12.4.